The molecule has 0 aliphatic heterocycles. The molecule has 0 atom stereocenters. The normalized spacial score (nSPS) is 11.0. The van der Waals surface area contributed by atoms with E-state index in [4.69, 9.17) is 4.74 Å². The second-order valence-corrected chi connectivity index (χ2v) is 8.16. The molecule has 0 spiro atoms. The highest BCUT2D eigenvalue weighted by Gasteiger charge is 2.22. The van der Waals surface area contributed by atoms with Crippen LogP contribution in [-0.4, -0.2) is 50.4 Å². The molecule has 2 amide bonds. The SMILES string of the molecule is COC(=O)c1cc(F)c(F)cc1NC(=O)c1cc(CNC(=O)OC(C)(C)C)c(-n2ccnc2)nn1. The van der Waals surface area contributed by atoms with Gasteiger partial charge in [0.25, 0.3) is 5.91 Å². The van der Waals surface area contributed by atoms with Crippen LogP contribution in [0, 0.1) is 11.6 Å². The summed E-state index contributed by atoms with van der Waals surface area (Å²) >= 11 is 0. The number of hydrogen-bond acceptors (Lipinski definition) is 8. The number of amides is 2. The minimum atomic E-state index is -1.29. The summed E-state index contributed by atoms with van der Waals surface area (Å²) in [7, 11) is 1.06. The molecule has 0 fully saturated rings. The fourth-order valence-electron chi connectivity index (χ4n) is 2.86. The van der Waals surface area contributed by atoms with Crippen LogP contribution in [0.25, 0.3) is 5.82 Å². The van der Waals surface area contributed by atoms with Gasteiger partial charge in [-0.15, -0.1) is 10.2 Å². The van der Waals surface area contributed by atoms with E-state index in [1.165, 1.54) is 23.2 Å². The van der Waals surface area contributed by atoms with Gasteiger partial charge in [-0.1, -0.05) is 0 Å². The molecule has 2 N–H and O–H groups in total. The number of hydrogen-bond donors (Lipinski definition) is 2. The van der Waals surface area contributed by atoms with Crippen LogP contribution in [0.2, 0.25) is 0 Å². The van der Waals surface area contributed by atoms with Crippen LogP contribution in [0.3, 0.4) is 0 Å². The second kappa shape index (κ2) is 10.2. The van der Waals surface area contributed by atoms with Crippen molar-refractivity contribution in [3.8, 4) is 5.82 Å². The van der Waals surface area contributed by atoms with Gasteiger partial charge in [0.05, 0.1) is 18.4 Å². The number of benzene rings is 1. The first kappa shape index (κ1) is 25.2. The Bertz CT molecular complexity index is 1260. The monoisotopic (exact) mass is 488 g/mol. The van der Waals surface area contributed by atoms with Gasteiger partial charge >= 0.3 is 12.1 Å². The average Bonchev–Trinajstić information content (AvgIpc) is 3.32. The first-order chi connectivity index (χ1) is 16.5. The van der Waals surface area contributed by atoms with Gasteiger partial charge in [-0.3, -0.25) is 9.36 Å². The molecule has 2 heterocycles. The number of methoxy groups -OCH3 is 1. The van der Waals surface area contributed by atoms with Crippen LogP contribution < -0.4 is 10.6 Å². The van der Waals surface area contributed by atoms with E-state index in [9.17, 15) is 23.2 Å². The Hall–Kier alpha value is -4.42. The Morgan fingerprint density at radius 2 is 1.80 bits per heavy atom. The largest absolute Gasteiger partial charge is 0.465 e. The molecule has 3 aromatic rings. The lowest BCUT2D eigenvalue weighted by atomic mass is 10.1. The maximum Gasteiger partial charge on any atom is 0.407 e. The summed E-state index contributed by atoms with van der Waals surface area (Å²) in [5, 5.41) is 12.8. The number of rotatable bonds is 6. The van der Waals surface area contributed by atoms with Crippen molar-refractivity contribution in [1.82, 2.24) is 25.1 Å². The van der Waals surface area contributed by atoms with E-state index in [1.54, 1.807) is 27.0 Å². The van der Waals surface area contributed by atoms with Gasteiger partial charge in [0.2, 0.25) is 0 Å². The first-order valence-electron chi connectivity index (χ1n) is 10.2. The number of nitrogens with zero attached hydrogens (tertiary/aromatic N) is 4. The molecular weight excluding hydrogens is 466 g/mol. The molecule has 0 unspecified atom stereocenters. The molecular formula is C22H22F2N6O5. The lowest BCUT2D eigenvalue weighted by molar-refractivity contribution is 0.0522. The van der Waals surface area contributed by atoms with Gasteiger partial charge < -0.3 is 20.1 Å². The number of halogens is 2. The zero-order valence-corrected chi connectivity index (χ0v) is 19.3. The van der Waals surface area contributed by atoms with Crippen LogP contribution in [0.1, 0.15) is 47.2 Å². The molecule has 0 saturated carbocycles. The molecule has 13 heteroatoms. The Labute approximate surface area is 198 Å². The van der Waals surface area contributed by atoms with Gasteiger partial charge in [-0.2, -0.15) is 0 Å². The molecule has 184 valence electrons. The molecule has 0 saturated heterocycles. The number of alkyl carbamates (subject to hydrolysis) is 1. The fourth-order valence-corrected chi connectivity index (χ4v) is 2.86. The third kappa shape index (κ3) is 6.34. The third-order valence-corrected chi connectivity index (χ3v) is 4.37. The third-order valence-electron chi connectivity index (χ3n) is 4.37. The number of ether oxygens (including phenoxy) is 2. The van der Waals surface area contributed by atoms with Gasteiger partial charge in [0.1, 0.15) is 11.9 Å². The van der Waals surface area contributed by atoms with E-state index in [2.05, 4.69) is 30.6 Å². The van der Waals surface area contributed by atoms with Crippen LogP contribution in [0.5, 0.6) is 0 Å². The van der Waals surface area contributed by atoms with Gasteiger partial charge in [0.15, 0.2) is 23.1 Å². The maximum atomic E-state index is 13.8. The van der Waals surface area contributed by atoms with E-state index >= 15 is 0 Å². The van der Waals surface area contributed by atoms with E-state index in [1.807, 2.05) is 0 Å². The van der Waals surface area contributed by atoms with Gasteiger partial charge in [-0.05, 0) is 32.9 Å². The summed E-state index contributed by atoms with van der Waals surface area (Å²) < 4.78 is 38.7. The standard InChI is InChI=1S/C22H22F2N6O5/c1-22(2,3)35-21(33)26-10-12-7-17(28-29-18(12)30-6-5-25-11-30)19(31)27-16-9-15(24)14(23)8-13(16)20(32)34-4/h5-9,11H,10H2,1-4H3,(H,26,33)(H,27,31). The topological polar surface area (TPSA) is 137 Å². The number of esters is 1. The Balaban J connectivity index is 1.91. The first-order valence-corrected chi connectivity index (χ1v) is 10.2. The summed E-state index contributed by atoms with van der Waals surface area (Å²) in [6.07, 6.45) is 3.85. The minimum absolute atomic E-state index is 0.0865. The van der Waals surface area contributed by atoms with Crippen LogP contribution in [0.15, 0.2) is 36.9 Å². The van der Waals surface area contributed by atoms with Gasteiger partial charge in [0, 0.05) is 30.6 Å². The van der Waals surface area contributed by atoms with Crippen LogP contribution >= 0.6 is 0 Å². The zero-order valence-electron chi connectivity index (χ0n) is 19.3. The van der Waals surface area contributed by atoms with E-state index in [-0.39, 0.29) is 23.7 Å². The van der Waals surface area contributed by atoms with Crippen molar-refractivity contribution in [3.63, 3.8) is 0 Å². The highest BCUT2D eigenvalue weighted by atomic mass is 19.2. The molecule has 11 nitrogen and oxygen atoms in total. The zero-order chi connectivity index (χ0) is 25.8. The van der Waals surface area contributed by atoms with E-state index in [0.717, 1.165) is 7.11 Å². The molecule has 35 heavy (non-hydrogen) atoms. The van der Waals surface area contributed by atoms with Crippen molar-refractivity contribution < 1.29 is 32.6 Å². The van der Waals surface area contributed by atoms with E-state index in [0.29, 0.717) is 17.7 Å². The van der Waals surface area contributed by atoms with E-state index < -0.39 is 40.8 Å². The van der Waals surface area contributed by atoms with Crippen molar-refractivity contribution in [3.05, 3.63) is 65.4 Å². The van der Waals surface area contributed by atoms with Crippen molar-refractivity contribution in [1.29, 1.82) is 0 Å². The minimum Gasteiger partial charge on any atom is -0.465 e. The summed E-state index contributed by atoms with van der Waals surface area (Å²) in [6.45, 7) is 5.04. The smallest absolute Gasteiger partial charge is 0.407 e. The molecule has 0 aliphatic carbocycles. The highest BCUT2D eigenvalue weighted by Crippen LogP contribution is 2.22. The number of anilines is 1. The summed E-state index contributed by atoms with van der Waals surface area (Å²) in [5.74, 6) is -4.15. The Kier molecular flexibility index (Phi) is 7.37. The number of carbonyl (C=O) groups excluding carboxylic acids is 3. The number of aromatic nitrogens is 4. The van der Waals surface area contributed by atoms with Gasteiger partial charge in [-0.25, -0.2) is 23.4 Å². The van der Waals surface area contributed by atoms with Crippen molar-refractivity contribution >= 4 is 23.7 Å². The molecule has 0 radical (unpaired) electrons. The van der Waals surface area contributed by atoms with Crippen molar-refractivity contribution in [2.24, 2.45) is 0 Å². The predicted molar refractivity (Wildman–Crippen MR) is 118 cm³/mol. The quantitative estimate of drug-likeness (QED) is 0.505. The van der Waals surface area contributed by atoms with Crippen molar-refractivity contribution in [2.45, 2.75) is 32.9 Å². The summed E-state index contributed by atoms with van der Waals surface area (Å²) in [4.78, 5) is 40.8. The molecule has 0 aliphatic rings. The fraction of sp³-hybridized carbons (Fsp3) is 0.273. The lowest BCUT2D eigenvalue weighted by Crippen LogP contribution is -2.32. The number of imidazole rings is 1. The Morgan fingerprint density at radius 3 is 2.43 bits per heavy atom. The number of carbonyl (C=O) groups is 3. The molecule has 3 rings (SSSR count). The molecule has 2 aromatic heterocycles. The highest BCUT2D eigenvalue weighted by molar-refractivity contribution is 6.07. The molecule has 0 bridgehead atoms. The van der Waals surface area contributed by atoms with Crippen molar-refractivity contribution in [2.75, 3.05) is 12.4 Å². The molecule has 1 aromatic carbocycles. The van der Waals surface area contributed by atoms with Crippen LogP contribution in [0.4, 0.5) is 19.3 Å². The average molecular weight is 488 g/mol. The predicted octanol–water partition coefficient (Wildman–Crippen LogP) is 3.00. The Morgan fingerprint density at radius 1 is 1.09 bits per heavy atom. The van der Waals surface area contributed by atoms with Crippen LogP contribution in [-0.2, 0) is 16.0 Å². The lowest BCUT2D eigenvalue weighted by Gasteiger charge is -2.20. The summed E-state index contributed by atoms with van der Waals surface area (Å²) in [5.41, 5.74) is -1.30. The summed E-state index contributed by atoms with van der Waals surface area (Å²) in [6, 6.07) is 2.60. The maximum absolute atomic E-state index is 13.8. The second-order valence-electron chi connectivity index (χ2n) is 8.16. The number of nitrogens with one attached hydrogen (secondary N) is 2.